The predicted molar refractivity (Wildman–Crippen MR) is 205 cm³/mol. The highest BCUT2D eigenvalue weighted by Gasteiger charge is 2.43. The quantitative estimate of drug-likeness (QED) is 0.273. The number of carbonyl (C=O) groups excluding carboxylic acids is 1. The second kappa shape index (κ2) is 18.5. The van der Waals surface area contributed by atoms with Crippen LogP contribution in [0.1, 0.15) is 95.1 Å². The summed E-state index contributed by atoms with van der Waals surface area (Å²) in [6, 6.07) is 11.8. The SMILES string of the molecule is CCC1CC1.Clc1ccc([C@@]2(CC3OCCO3)CCCNC2)cc1Cl.O=C(CC1CC1)N1CCC[C@](CC2OCCO2)(c2ccc(Cl)c(Cl)c2)C1. The van der Waals surface area contributed by atoms with E-state index in [9.17, 15) is 4.79 Å². The van der Waals surface area contributed by atoms with Crippen LogP contribution in [-0.2, 0) is 34.6 Å². The molecule has 2 aromatic carbocycles. The van der Waals surface area contributed by atoms with Gasteiger partial charge >= 0.3 is 0 Å². The first-order chi connectivity index (χ1) is 24.7. The van der Waals surface area contributed by atoms with E-state index in [1.54, 1.807) is 0 Å². The molecule has 6 fully saturated rings. The molecule has 0 bridgehead atoms. The van der Waals surface area contributed by atoms with Crippen molar-refractivity contribution in [2.45, 2.75) is 107 Å². The van der Waals surface area contributed by atoms with Gasteiger partial charge in [-0.3, -0.25) is 4.79 Å². The number of piperidine rings is 2. The number of hydrogen-bond donors (Lipinski definition) is 1. The molecule has 4 aliphatic heterocycles. The fourth-order valence-electron chi connectivity index (χ4n) is 7.94. The number of amides is 1. The molecule has 7 nitrogen and oxygen atoms in total. The molecular weight excluding hydrogens is 730 g/mol. The van der Waals surface area contributed by atoms with E-state index in [4.69, 9.17) is 65.4 Å². The van der Waals surface area contributed by atoms with Gasteiger partial charge in [0.15, 0.2) is 12.6 Å². The van der Waals surface area contributed by atoms with Crippen molar-refractivity contribution in [2.75, 3.05) is 52.6 Å². The minimum atomic E-state index is -0.220. The van der Waals surface area contributed by atoms with Crippen LogP contribution in [0.5, 0.6) is 0 Å². The van der Waals surface area contributed by atoms with Crippen molar-refractivity contribution in [3.63, 3.8) is 0 Å². The molecule has 0 unspecified atom stereocenters. The van der Waals surface area contributed by atoms with Crippen LogP contribution in [0.2, 0.25) is 20.1 Å². The lowest BCUT2D eigenvalue weighted by molar-refractivity contribution is -0.135. The summed E-state index contributed by atoms with van der Waals surface area (Å²) in [6.07, 6.45) is 13.0. The number of hydrogen-bond acceptors (Lipinski definition) is 6. The van der Waals surface area contributed by atoms with Gasteiger partial charge in [-0.15, -0.1) is 0 Å². The standard InChI is InChI=1S/C20H25Cl2NO3.C15H19Cl2NO2.C5H10/c21-16-5-4-15(11-17(16)22)20(12-19-25-8-9-26-19)6-1-7-23(13-20)18(24)10-14-2-3-14;16-12-3-2-11(8-13(12)17)15(4-1-5-18-10-15)9-14-19-6-7-20-14;1-2-5-3-4-5/h4-5,11,14,19H,1-3,6-10,12-13H2;2-3,8,14,18H,1,4-7,9-10H2;5H,2-4H2,1H3/t20-;15-;/m11./s1. The summed E-state index contributed by atoms with van der Waals surface area (Å²) in [5, 5.41) is 5.81. The van der Waals surface area contributed by atoms with Crippen LogP contribution < -0.4 is 5.32 Å². The number of ether oxygens (including phenoxy) is 4. The van der Waals surface area contributed by atoms with Crippen LogP contribution in [0.25, 0.3) is 0 Å². The summed E-state index contributed by atoms with van der Waals surface area (Å²) in [6.45, 7) is 8.42. The zero-order chi connectivity index (χ0) is 35.8. The Bertz CT molecular complexity index is 1440. The first kappa shape index (κ1) is 39.6. The summed E-state index contributed by atoms with van der Waals surface area (Å²) >= 11 is 24.7. The number of nitrogens with zero attached hydrogens (tertiary/aromatic N) is 1. The number of halogens is 4. The smallest absolute Gasteiger partial charge is 0.222 e. The van der Waals surface area contributed by atoms with Crippen molar-refractivity contribution in [3.05, 3.63) is 67.6 Å². The Labute approximate surface area is 324 Å². The molecular formula is C40H54Cl4N2O5. The largest absolute Gasteiger partial charge is 0.350 e. The van der Waals surface area contributed by atoms with Gasteiger partial charge in [0.2, 0.25) is 5.91 Å². The summed E-state index contributed by atoms with van der Waals surface area (Å²) in [5.41, 5.74) is 2.15. The molecule has 6 aliphatic rings. The van der Waals surface area contributed by atoms with Gasteiger partial charge in [-0.1, -0.05) is 84.7 Å². The summed E-state index contributed by atoms with van der Waals surface area (Å²) in [4.78, 5) is 14.8. The topological polar surface area (TPSA) is 69.3 Å². The van der Waals surface area contributed by atoms with Gasteiger partial charge in [0.25, 0.3) is 0 Å². The van der Waals surface area contributed by atoms with Gasteiger partial charge in [-0.25, -0.2) is 0 Å². The van der Waals surface area contributed by atoms with E-state index < -0.39 is 0 Å². The molecule has 0 radical (unpaired) electrons. The molecule has 2 aliphatic carbocycles. The monoisotopic (exact) mass is 782 g/mol. The lowest BCUT2D eigenvalue weighted by Gasteiger charge is -2.44. The third-order valence-electron chi connectivity index (χ3n) is 11.4. The molecule has 51 heavy (non-hydrogen) atoms. The summed E-state index contributed by atoms with van der Waals surface area (Å²) in [5.74, 6) is 2.02. The first-order valence-corrected chi connectivity index (χ1v) is 20.6. The van der Waals surface area contributed by atoms with Gasteiger partial charge < -0.3 is 29.2 Å². The second-order valence-electron chi connectivity index (χ2n) is 15.3. The maximum absolute atomic E-state index is 12.7. The molecule has 8 rings (SSSR count). The van der Waals surface area contributed by atoms with E-state index in [-0.39, 0.29) is 29.3 Å². The number of carbonyl (C=O) groups is 1. The average Bonchev–Trinajstić information content (AvgIpc) is 4.05. The Morgan fingerprint density at radius 1 is 0.745 bits per heavy atom. The number of benzene rings is 2. The lowest BCUT2D eigenvalue weighted by Crippen LogP contribution is -2.50. The molecule has 2 saturated carbocycles. The zero-order valence-electron chi connectivity index (χ0n) is 29.9. The number of nitrogens with one attached hydrogen (secondary N) is 1. The minimum absolute atomic E-state index is 0.0154. The lowest BCUT2D eigenvalue weighted by atomic mass is 9.71. The molecule has 4 saturated heterocycles. The van der Waals surface area contributed by atoms with Gasteiger partial charge in [-0.05, 0) is 92.3 Å². The highest BCUT2D eigenvalue weighted by atomic mass is 35.5. The number of likely N-dealkylation sites (tertiary alicyclic amines) is 1. The third-order valence-corrected chi connectivity index (χ3v) is 12.9. The van der Waals surface area contributed by atoms with Crippen LogP contribution in [0.15, 0.2) is 36.4 Å². The first-order valence-electron chi connectivity index (χ1n) is 19.0. The zero-order valence-corrected chi connectivity index (χ0v) is 32.9. The van der Waals surface area contributed by atoms with Gasteiger partial charge in [0, 0.05) is 49.7 Å². The molecule has 1 amide bonds. The van der Waals surface area contributed by atoms with Gasteiger partial charge in [-0.2, -0.15) is 0 Å². The van der Waals surface area contributed by atoms with E-state index in [1.165, 1.54) is 37.7 Å². The maximum Gasteiger partial charge on any atom is 0.222 e. The molecule has 4 heterocycles. The van der Waals surface area contributed by atoms with Crippen molar-refractivity contribution < 1.29 is 23.7 Å². The van der Waals surface area contributed by atoms with E-state index in [1.807, 2.05) is 35.2 Å². The van der Waals surface area contributed by atoms with Crippen molar-refractivity contribution in [2.24, 2.45) is 11.8 Å². The normalized spacial score (nSPS) is 27.0. The molecule has 0 aromatic heterocycles. The van der Waals surface area contributed by atoms with E-state index >= 15 is 0 Å². The van der Waals surface area contributed by atoms with Crippen LogP contribution in [0.4, 0.5) is 0 Å². The Balaban J connectivity index is 0.000000158. The van der Waals surface area contributed by atoms with Gasteiger partial charge in [0.1, 0.15) is 0 Å². The van der Waals surface area contributed by atoms with E-state index in [0.29, 0.717) is 65.4 Å². The number of rotatable bonds is 9. The fraction of sp³-hybridized carbons (Fsp3) is 0.675. The molecule has 1 N–H and O–H groups in total. The van der Waals surface area contributed by atoms with Crippen molar-refractivity contribution in [3.8, 4) is 0 Å². The summed E-state index contributed by atoms with van der Waals surface area (Å²) in [7, 11) is 0. The molecule has 2 atom stereocenters. The second-order valence-corrected chi connectivity index (χ2v) is 16.9. The third kappa shape index (κ3) is 11.0. The van der Waals surface area contributed by atoms with Crippen molar-refractivity contribution in [1.82, 2.24) is 10.2 Å². The van der Waals surface area contributed by atoms with Crippen molar-refractivity contribution >= 4 is 52.3 Å². The molecule has 2 aromatic rings. The van der Waals surface area contributed by atoms with Crippen LogP contribution in [0, 0.1) is 11.8 Å². The maximum atomic E-state index is 12.7. The molecule has 0 spiro atoms. The van der Waals surface area contributed by atoms with Gasteiger partial charge in [0.05, 0.1) is 46.5 Å². The van der Waals surface area contributed by atoms with E-state index in [0.717, 1.165) is 69.6 Å². The Morgan fingerprint density at radius 3 is 1.75 bits per heavy atom. The summed E-state index contributed by atoms with van der Waals surface area (Å²) < 4.78 is 22.8. The Kier molecular flexibility index (Phi) is 14.3. The molecule has 11 heteroatoms. The van der Waals surface area contributed by atoms with Crippen LogP contribution in [0.3, 0.4) is 0 Å². The highest BCUT2D eigenvalue weighted by Crippen LogP contribution is 2.43. The minimum Gasteiger partial charge on any atom is -0.350 e. The highest BCUT2D eigenvalue weighted by molar-refractivity contribution is 6.42. The van der Waals surface area contributed by atoms with Crippen molar-refractivity contribution in [1.29, 1.82) is 0 Å². The Morgan fingerprint density at radius 2 is 1.27 bits per heavy atom. The molecule has 282 valence electrons. The van der Waals surface area contributed by atoms with E-state index in [2.05, 4.69) is 18.3 Å². The predicted octanol–water partition coefficient (Wildman–Crippen LogP) is 9.60. The van der Waals surface area contributed by atoms with Crippen LogP contribution in [-0.4, -0.2) is 76.0 Å². The average molecular weight is 785 g/mol. The van der Waals surface area contributed by atoms with Crippen LogP contribution >= 0.6 is 46.4 Å². The Hall–Kier alpha value is -1.13. The fourth-order valence-corrected chi connectivity index (χ4v) is 8.53.